The molecular formula is C17H20FN3O2. The van der Waals surface area contributed by atoms with E-state index in [1.165, 1.54) is 12.1 Å². The minimum Gasteiger partial charge on any atom is -0.444 e. The molecule has 1 heterocycles. The number of nitrogens with two attached hydrogens (primary N) is 1. The molecule has 2 aromatic rings. The molecule has 1 aliphatic rings. The van der Waals surface area contributed by atoms with Gasteiger partial charge >= 0.3 is 0 Å². The highest BCUT2D eigenvalue weighted by Crippen LogP contribution is 2.25. The van der Waals surface area contributed by atoms with Crippen LogP contribution in [0, 0.1) is 11.7 Å². The van der Waals surface area contributed by atoms with E-state index < -0.39 is 0 Å². The molecule has 6 heteroatoms. The summed E-state index contributed by atoms with van der Waals surface area (Å²) in [5.74, 6) is -0.315. The predicted molar refractivity (Wildman–Crippen MR) is 83.7 cm³/mol. The summed E-state index contributed by atoms with van der Waals surface area (Å²) in [5, 5.41) is 3.35. The van der Waals surface area contributed by atoms with E-state index in [0.717, 1.165) is 31.4 Å². The Hall–Kier alpha value is -2.21. The minimum absolute atomic E-state index is 0.0792. The number of benzene rings is 1. The zero-order valence-electron chi connectivity index (χ0n) is 12.8. The van der Waals surface area contributed by atoms with Gasteiger partial charge in [0.05, 0.1) is 11.6 Å². The largest absolute Gasteiger partial charge is 0.444 e. The van der Waals surface area contributed by atoms with Crippen molar-refractivity contribution in [2.75, 3.05) is 0 Å². The lowest BCUT2D eigenvalue weighted by molar-refractivity contribution is -0.123. The van der Waals surface area contributed by atoms with E-state index in [2.05, 4.69) is 10.3 Å². The topological polar surface area (TPSA) is 81.2 Å². The van der Waals surface area contributed by atoms with Crippen LogP contribution < -0.4 is 11.1 Å². The molecule has 2 atom stereocenters. The zero-order chi connectivity index (χ0) is 16.2. The Morgan fingerprint density at radius 2 is 2.22 bits per heavy atom. The van der Waals surface area contributed by atoms with Crippen molar-refractivity contribution in [1.29, 1.82) is 0 Å². The van der Waals surface area contributed by atoms with E-state index in [0.29, 0.717) is 18.0 Å². The van der Waals surface area contributed by atoms with Gasteiger partial charge in [0.2, 0.25) is 11.8 Å². The molecule has 5 nitrogen and oxygen atoms in total. The normalized spacial score (nSPS) is 21.3. The Balaban J connectivity index is 1.64. The van der Waals surface area contributed by atoms with Crippen LogP contribution in [0.1, 0.15) is 31.4 Å². The van der Waals surface area contributed by atoms with Gasteiger partial charge in [0.25, 0.3) is 0 Å². The molecule has 1 saturated carbocycles. The van der Waals surface area contributed by atoms with Crippen molar-refractivity contribution in [3.63, 3.8) is 0 Å². The monoisotopic (exact) mass is 317 g/mol. The van der Waals surface area contributed by atoms with Crippen molar-refractivity contribution < 1.29 is 13.6 Å². The number of nitrogens with one attached hydrogen (secondary N) is 1. The summed E-state index contributed by atoms with van der Waals surface area (Å²) >= 11 is 0. The number of amides is 1. The number of nitrogens with zero attached hydrogens (tertiary/aromatic N) is 1. The molecule has 1 aromatic carbocycles. The van der Waals surface area contributed by atoms with Crippen LogP contribution in [0.2, 0.25) is 0 Å². The highest BCUT2D eigenvalue weighted by Gasteiger charge is 2.29. The van der Waals surface area contributed by atoms with Gasteiger partial charge < -0.3 is 15.5 Å². The second kappa shape index (κ2) is 6.91. The number of hydrogen-bond acceptors (Lipinski definition) is 4. The van der Waals surface area contributed by atoms with Crippen LogP contribution in [-0.2, 0) is 11.3 Å². The number of hydrogen-bond donors (Lipinski definition) is 2. The Morgan fingerprint density at radius 3 is 3.00 bits per heavy atom. The molecule has 0 aliphatic heterocycles. The van der Waals surface area contributed by atoms with Gasteiger partial charge in [0.15, 0.2) is 0 Å². The number of oxazole rings is 1. The summed E-state index contributed by atoms with van der Waals surface area (Å²) in [6.45, 7) is 0.493. The van der Waals surface area contributed by atoms with E-state index >= 15 is 0 Å². The molecule has 1 amide bonds. The average Bonchev–Trinajstić information content (AvgIpc) is 3.02. The van der Waals surface area contributed by atoms with Crippen LogP contribution in [0.15, 0.2) is 34.9 Å². The molecule has 23 heavy (non-hydrogen) atoms. The fraction of sp³-hybridized carbons (Fsp3) is 0.412. The number of halogens is 1. The Kier molecular flexibility index (Phi) is 4.71. The van der Waals surface area contributed by atoms with Gasteiger partial charge in [-0.15, -0.1) is 0 Å². The lowest BCUT2D eigenvalue weighted by Gasteiger charge is -2.29. The highest BCUT2D eigenvalue weighted by atomic mass is 19.1. The van der Waals surface area contributed by atoms with Crippen LogP contribution >= 0.6 is 0 Å². The van der Waals surface area contributed by atoms with E-state index in [-0.39, 0.29) is 23.7 Å². The van der Waals surface area contributed by atoms with Crippen molar-refractivity contribution in [3.8, 4) is 11.5 Å². The SMILES string of the molecule is NC(=O)C1CCCCC1NCc1coc(-c2cccc(F)c2)n1. The Morgan fingerprint density at radius 1 is 1.39 bits per heavy atom. The number of carbonyl (C=O) groups is 1. The zero-order valence-corrected chi connectivity index (χ0v) is 12.8. The van der Waals surface area contributed by atoms with Gasteiger partial charge in [-0.05, 0) is 31.0 Å². The Bertz CT molecular complexity index is 686. The molecule has 1 aromatic heterocycles. The van der Waals surface area contributed by atoms with E-state index in [1.54, 1.807) is 18.4 Å². The first kappa shape index (κ1) is 15.7. The number of rotatable bonds is 5. The molecule has 3 N–H and O–H groups in total. The first-order valence-electron chi connectivity index (χ1n) is 7.86. The van der Waals surface area contributed by atoms with Crippen LogP contribution in [0.25, 0.3) is 11.5 Å². The standard InChI is InChI=1S/C17H20FN3O2/c18-12-5-3-4-11(8-12)17-21-13(10-23-17)9-20-15-7-2-1-6-14(15)16(19)22/h3-5,8,10,14-15,20H,1-2,6-7,9H2,(H2,19,22). The Labute approximate surface area is 134 Å². The average molecular weight is 317 g/mol. The summed E-state index contributed by atoms with van der Waals surface area (Å²) in [6, 6.07) is 6.20. The molecule has 0 saturated heterocycles. The molecule has 122 valence electrons. The lowest BCUT2D eigenvalue weighted by Crippen LogP contribution is -2.44. The van der Waals surface area contributed by atoms with Crippen LogP contribution in [0.5, 0.6) is 0 Å². The third kappa shape index (κ3) is 3.76. The van der Waals surface area contributed by atoms with Crippen molar-refractivity contribution in [3.05, 3.63) is 42.0 Å². The highest BCUT2D eigenvalue weighted by molar-refractivity contribution is 5.77. The first-order chi connectivity index (χ1) is 11.1. The maximum absolute atomic E-state index is 13.2. The van der Waals surface area contributed by atoms with E-state index in [4.69, 9.17) is 10.2 Å². The molecule has 0 radical (unpaired) electrons. The van der Waals surface area contributed by atoms with Gasteiger partial charge in [-0.1, -0.05) is 18.9 Å². The predicted octanol–water partition coefficient (Wildman–Crippen LogP) is 2.61. The summed E-state index contributed by atoms with van der Waals surface area (Å²) in [7, 11) is 0. The van der Waals surface area contributed by atoms with Gasteiger partial charge in [-0.2, -0.15) is 0 Å². The van der Waals surface area contributed by atoms with Gasteiger partial charge in [-0.3, -0.25) is 4.79 Å². The first-order valence-corrected chi connectivity index (χ1v) is 7.86. The lowest BCUT2D eigenvalue weighted by atomic mass is 9.84. The van der Waals surface area contributed by atoms with Crippen LogP contribution in [-0.4, -0.2) is 16.9 Å². The third-order valence-corrected chi connectivity index (χ3v) is 4.30. The molecule has 1 aliphatic carbocycles. The summed E-state index contributed by atoms with van der Waals surface area (Å²) in [5.41, 5.74) is 6.79. The number of aromatic nitrogens is 1. The number of carbonyl (C=O) groups excluding carboxylic acids is 1. The second-order valence-corrected chi connectivity index (χ2v) is 5.94. The molecule has 0 bridgehead atoms. The molecule has 1 fully saturated rings. The molecule has 0 spiro atoms. The van der Waals surface area contributed by atoms with Gasteiger partial charge in [0, 0.05) is 18.2 Å². The van der Waals surface area contributed by atoms with Crippen molar-refractivity contribution >= 4 is 5.91 Å². The maximum Gasteiger partial charge on any atom is 0.226 e. The van der Waals surface area contributed by atoms with Crippen molar-refractivity contribution in [2.45, 2.75) is 38.3 Å². The van der Waals surface area contributed by atoms with Crippen molar-refractivity contribution in [2.24, 2.45) is 11.7 Å². The van der Waals surface area contributed by atoms with Crippen molar-refractivity contribution in [1.82, 2.24) is 10.3 Å². The summed E-state index contributed by atoms with van der Waals surface area (Å²) in [6.07, 6.45) is 5.45. The van der Waals surface area contributed by atoms with E-state index in [9.17, 15) is 9.18 Å². The maximum atomic E-state index is 13.2. The summed E-state index contributed by atoms with van der Waals surface area (Å²) in [4.78, 5) is 15.9. The number of primary amides is 1. The van der Waals surface area contributed by atoms with Gasteiger partial charge in [0.1, 0.15) is 12.1 Å². The fourth-order valence-electron chi connectivity index (χ4n) is 3.09. The smallest absolute Gasteiger partial charge is 0.226 e. The molecule has 2 unspecified atom stereocenters. The van der Waals surface area contributed by atoms with E-state index in [1.807, 2.05) is 0 Å². The third-order valence-electron chi connectivity index (χ3n) is 4.30. The molecular weight excluding hydrogens is 297 g/mol. The second-order valence-electron chi connectivity index (χ2n) is 5.94. The van der Waals surface area contributed by atoms with Crippen LogP contribution in [0.3, 0.4) is 0 Å². The van der Waals surface area contributed by atoms with Crippen LogP contribution in [0.4, 0.5) is 4.39 Å². The van der Waals surface area contributed by atoms with Gasteiger partial charge in [-0.25, -0.2) is 9.37 Å². The summed E-state index contributed by atoms with van der Waals surface area (Å²) < 4.78 is 18.7. The quantitative estimate of drug-likeness (QED) is 0.888. The molecule has 3 rings (SSSR count). The minimum atomic E-state index is -0.327. The fourth-order valence-corrected chi connectivity index (χ4v) is 3.09.